The molecule has 1 aromatic carbocycles. The lowest BCUT2D eigenvalue weighted by molar-refractivity contribution is -0.136. The van der Waals surface area contributed by atoms with Gasteiger partial charge in [0.15, 0.2) is 0 Å². The zero-order valence-corrected chi connectivity index (χ0v) is 15.9. The molecule has 1 aliphatic carbocycles. The van der Waals surface area contributed by atoms with Gasteiger partial charge in [-0.25, -0.2) is 9.37 Å². The minimum Gasteiger partial charge on any atom is -0.481 e. The summed E-state index contributed by atoms with van der Waals surface area (Å²) in [6.07, 6.45) is 8.84. The van der Waals surface area contributed by atoms with E-state index in [-0.39, 0.29) is 12.2 Å². The number of hydrogen-bond donors (Lipinski definition) is 1. The number of benzene rings is 1. The first kappa shape index (κ1) is 19.5. The van der Waals surface area contributed by atoms with Gasteiger partial charge in [0.05, 0.1) is 12.0 Å². The minimum atomic E-state index is -0.795. The molecule has 2 aromatic rings. The van der Waals surface area contributed by atoms with Gasteiger partial charge in [0, 0.05) is 18.1 Å². The van der Waals surface area contributed by atoms with E-state index in [1.165, 1.54) is 12.1 Å². The average molecular weight is 379 g/mol. The molecule has 0 saturated carbocycles. The summed E-state index contributed by atoms with van der Waals surface area (Å²) in [5.41, 5.74) is 5.29. The van der Waals surface area contributed by atoms with Gasteiger partial charge in [-0.15, -0.1) is 0 Å². The van der Waals surface area contributed by atoms with Crippen LogP contribution in [-0.2, 0) is 4.79 Å². The predicted octanol–water partition coefficient (Wildman–Crippen LogP) is 5.52. The van der Waals surface area contributed by atoms with Crippen molar-refractivity contribution in [2.45, 2.75) is 33.1 Å². The molecular weight excluding hydrogens is 357 g/mol. The summed E-state index contributed by atoms with van der Waals surface area (Å²) < 4.78 is 19.3. The van der Waals surface area contributed by atoms with Crippen LogP contribution in [0.25, 0.3) is 11.3 Å². The van der Waals surface area contributed by atoms with E-state index >= 15 is 0 Å². The van der Waals surface area contributed by atoms with Gasteiger partial charge in [0.1, 0.15) is 5.82 Å². The Morgan fingerprint density at radius 1 is 1.25 bits per heavy atom. The number of nitrogens with zero attached hydrogens (tertiary/aromatic N) is 1. The highest BCUT2D eigenvalue weighted by molar-refractivity contribution is 5.68. The van der Waals surface area contributed by atoms with Gasteiger partial charge in [-0.3, -0.25) is 4.79 Å². The monoisotopic (exact) mass is 379 g/mol. The van der Waals surface area contributed by atoms with E-state index in [1.807, 2.05) is 44.2 Å². The lowest BCUT2D eigenvalue weighted by Gasteiger charge is -2.11. The number of hydrogen-bond acceptors (Lipinski definition) is 3. The normalized spacial score (nSPS) is 14.8. The van der Waals surface area contributed by atoms with Crippen LogP contribution in [0, 0.1) is 19.7 Å². The second-order valence-corrected chi connectivity index (χ2v) is 6.80. The van der Waals surface area contributed by atoms with Crippen molar-refractivity contribution in [2.75, 3.05) is 0 Å². The molecule has 4 nitrogen and oxygen atoms in total. The quantitative estimate of drug-likeness (QED) is 0.672. The summed E-state index contributed by atoms with van der Waals surface area (Å²) in [7, 11) is 0. The molecule has 0 amide bonds. The topological polar surface area (TPSA) is 59.4 Å². The molecule has 1 N–H and O–H groups in total. The van der Waals surface area contributed by atoms with E-state index in [2.05, 4.69) is 4.98 Å². The fourth-order valence-electron chi connectivity index (χ4n) is 3.19. The van der Waals surface area contributed by atoms with Gasteiger partial charge < -0.3 is 9.84 Å². The molecule has 1 heterocycles. The molecule has 1 aliphatic rings. The van der Waals surface area contributed by atoms with Crippen LogP contribution in [-0.4, -0.2) is 16.1 Å². The Kier molecular flexibility index (Phi) is 6.04. The first-order valence-corrected chi connectivity index (χ1v) is 9.11. The van der Waals surface area contributed by atoms with Crippen molar-refractivity contribution in [3.05, 3.63) is 82.9 Å². The highest BCUT2D eigenvalue weighted by atomic mass is 19.1. The fourth-order valence-corrected chi connectivity index (χ4v) is 3.19. The second-order valence-electron chi connectivity index (χ2n) is 6.80. The van der Waals surface area contributed by atoms with Crippen molar-refractivity contribution in [2.24, 2.45) is 0 Å². The molecule has 0 spiro atoms. The number of aliphatic carboxylic acids is 1. The van der Waals surface area contributed by atoms with Crippen LogP contribution in [0.2, 0.25) is 0 Å². The number of halogens is 1. The molecule has 3 rings (SSSR count). The van der Waals surface area contributed by atoms with Crippen molar-refractivity contribution in [1.29, 1.82) is 0 Å². The summed E-state index contributed by atoms with van der Waals surface area (Å²) >= 11 is 0. The molecule has 0 atom stereocenters. The summed E-state index contributed by atoms with van der Waals surface area (Å²) in [5, 5.41) is 8.75. The van der Waals surface area contributed by atoms with Crippen LogP contribution in [0.1, 0.15) is 30.4 Å². The molecule has 0 fully saturated rings. The Labute approximate surface area is 163 Å². The Bertz CT molecular complexity index is 966. The average Bonchev–Trinajstić information content (AvgIpc) is 2.65. The van der Waals surface area contributed by atoms with Crippen molar-refractivity contribution in [3.63, 3.8) is 0 Å². The van der Waals surface area contributed by atoms with Crippen LogP contribution in [0.3, 0.4) is 0 Å². The summed E-state index contributed by atoms with van der Waals surface area (Å²) in [6.45, 7) is 3.73. The molecule has 0 saturated heterocycles. The van der Waals surface area contributed by atoms with Gasteiger partial charge in [-0.2, -0.15) is 0 Å². The number of carboxylic acids is 1. The number of rotatable bonds is 6. The molecule has 144 valence electrons. The number of aryl methyl sites for hydroxylation is 2. The summed E-state index contributed by atoms with van der Waals surface area (Å²) in [6, 6.07) is 8.51. The van der Waals surface area contributed by atoms with Gasteiger partial charge in [0.25, 0.3) is 0 Å². The fraction of sp³-hybridized carbons (Fsp3) is 0.217. The van der Waals surface area contributed by atoms with E-state index in [0.717, 1.165) is 33.5 Å². The third-order valence-corrected chi connectivity index (χ3v) is 4.55. The van der Waals surface area contributed by atoms with E-state index in [1.54, 1.807) is 12.3 Å². The van der Waals surface area contributed by atoms with Gasteiger partial charge in [-0.05, 0) is 61.6 Å². The molecular formula is C23H22FNO3. The van der Waals surface area contributed by atoms with Crippen molar-refractivity contribution in [1.82, 2.24) is 4.98 Å². The van der Waals surface area contributed by atoms with Gasteiger partial charge in [0.2, 0.25) is 5.88 Å². The third kappa shape index (κ3) is 4.94. The van der Waals surface area contributed by atoms with Crippen LogP contribution < -0.4 is 4.74 Å². The lowest BCUT2D eigenvalue weighted by Crippen LogP contribution is -1.98. The number of ether oxygens (including phenoxy) is 1. The predicted molar refractivity (Wildman–Crippen MR) is 107 cm³/mol. The number of carboxylic acid groups (broad SMARTS) is 1. The van der Waals surface area contributed by atoms with Gasteiger partial charge in [-0.1, -0.05) is 29.9 Å². The number of allylic oxidation sites excluding steroid dienone is 5. The SMILES string of the molecule is Cc1cc(F)cc(C)c1-c1cccc(OC=C2C=CC(CCC(=O)O)=CC2)n1. The van der Waals surface area contributed by atoms with E-state index in [4.69, 9.17) is 9.84 Å². The molecule has 0 aliphatic heterocycles. The molecule has 0 unspecified atom stereocenters. The second kappa shape index (κ2) is 8.65. The standard InChI is InChI=1S/C23H22FNO3/c1-15-12-19(24)13-16(2)23(15)20-4-3-5-21(25-20)28-14-18-8-6-17(7-9-18)10-11-22(26)27/h3-8,12-14H,9-11H2,1-2H3,(H,26,27). The van der Waals surface area contributed by atoms with Crippen molar-refractivity contribution >= 4 is 5.97 Å². The zero-order chi connectivity index (χ0) is 20.1. The van der Waals surface area contributed by atoms with Crippen molar-refractivity contribution in [3.8, 4) is 17.1 Å². The molecule has 0 bridgehead atoms. The Morgan fingerprint density at radius 2 is 2.00 bits per heavy atom. The Balaban J connectivity index is 1.71. The molecule has 1 aromatic heterocycles. The molecule has 5 heteroatoms. The number of aromatic nitrogens is 1. The number of pyridine rings is 1. The van der Waals surface area contributed by atoms with E-state index in [9.17, 15) is 9.18 Å². The molecule has 28 heavy (non-hydrogen) atoms. The van der Waals surface area contributed by atoms with Crippen LogP contribution >= 0.6 is 0 Å². The highest BCUT2D eigenvalue weighted by Crippen LogP contribution is 2.28. The van der Waals surface area contributed by atoms with Crippen LogP contribution in [0.15, 0.2) is 66.0 Å². The summed E-state index contributed by atoms with van der Waals surface area (Å²) in [4.78, 5) is 15.2. The molecule has 0 radical (unpaired) electrons. The third-order valence-electron chi connectivity index (χ3n) is 4.55. The Morgan fingerprint density at radius 3 is 2.64 bits per heavy atom. The maximum absolute atomic E-state index is 13.6. The maximum Gasteiger partial charge on any atom is 0.303 e. The smallest absolute Gasteiger partial charge is 0.303 e. The first-order chi connectivity index (χ1) is 13.4. The Hall–Kier alpha value is -3.21. The largest absolute Gasteiger partial charge is 0.481 e. The highest BCUT2D eigenvalue weighted by Gasteiger charge is 2.10. The van der Waals surface area contributed by atoms with E-state index in [0.29, 0.717) is 18.7 Å². The maximum atomic E-state index is 13.6. The minimum absolute atomic E-state index is 0.130. The lowest BCUT2D eigenvalue weighted by atomic mass is 9.99. The number of carbonyl (C=O) groups is 1. The van der Waals surface area contributed by atoms with Gasteiger partial charge >= 0.3 is 5.97 Å². The van der Waals surface area contributed by atoms with Crippen molar-refractivity contribution < 1.29 is 19.0 Å². The van der Waals surface area contributed by atoms with E-state index < -0.39 is 5.97 Å². The zero-order valence-electron chi connectivity index (χ0n) is 15.9. The van der Waals surface area contributed by atoms with Crippen LogP contribution in [0.5, 0.6) is 5.88 Å². The van der Waals surface area contributed by atoms with Crippen LogP contribution in [0.4, 0.5) is 4.39 Å². The first-order valence-electron chi connectivity index (χ1n) is 9.11. The summed E-state index contributed by atoms with van der Waals surface area (Å²) in [5.74, 6) is -0.588.